The maximum Gasteiger partial charge on any atom is 0.0122 e. The highest BCUT2D eigenvalue weighted by Gasteiger charge is 2.25. The first-order valence-electron chi connectivity index (χ1n) is 6.63. The van der Waals surface area contributed by atoms with Crippen molar-refractivity contribution >= 4 is 0 Å². The van der Waals surface area contributed by atoms with E-state index < -0.39 is 0 Å². The van der Waals surface area contributed by atoms with Gasteiger partial charge >= 0.3 is 0 Å². The van der Waals surface area contributed by atoms with Gasteiger partial charge < -0.3 is 5.32 Å². The minimum Gasteiger partial charge on any atom is -0.317 e. The van der Waals surface area contributed by atoms with Crippen molar-refractivity contribution in [2.75, 3.05) is 19.6 Å². The lowest BCUT2D eigenvalue weighted by atomic mass is 9.97. The molecule has 2 heteroatoms. The third-order valence-corrected chi connectivity index (χ3v) is 3.75. The van der Waals surface area contributed by atoms with Crippen LogP contribution in [0, 0.1) is 5.92 Å². The standard InChI is InChI=1S/C13H28N2/c1-5-10-15(12(4)11(2)3)13-6-8-14-9-7-13/h11-14H,5-10H2,1-4H3. The molecule has 0 amide bonds. The van der Waals surface area contributed by atoms with Gasteiger partial charge in [-0.25, -0.2) is 0 Å². The van der Waals surface area contributed by atoms with Crippen molar-refractivity contribution in [3.05, 3.63) is 0 Å². The number of piperidine rings is 1. The van der Waals surface area contributed by atoms with Gasteiger partial charge in [-0.2, -0.15) is 0 Å². The molecule has 1 aliphatic rings. The smallest absolute Gasteiger partial charge is 0.0122 e. The highest BCUT2D eigenvalue weighted by Crippen LogP contribution is 2.19. The highest BCUT2D eigenvalue weighted by atomic mass is 15.2. The van der Waals surface area contributed by atoms with Gasteiger partial charge in [-0.1, -0.05) is 20.8 Å². The largest absolute Gasteiger partial charge is 0.317 e. The predicted octanol–water partition coefficient (Wildman–Crippen LogP) is 2.49. The summed E-state index contributed by atoms with van der Waals surface area (Å²) in [6, 6.07) is 1.55. The molecule has 0 radical (unpaired) electrons. The fourth-order valence-corrected chi connectivity index (χ4v) is 2.50. The van der Waals surface area contributed by atoms with E-state index in [2.05, 4.69) is 37.9 Å². The van der Waals surface area contributed by atoms with E-state index in [0.29, 0.717) is 0 Å². The first kappa shape index (κ1) is 13.0. The SMILES string of the molecule is CCCN(C1CCNCC1)C(C)C(C)C. The molecule has 0 aromatic heterocycles. The molecule has 1 atom stereocenters. The Bertz CT molecular complexity index is 162. The lowest BCUT2D eigenvalue weighted by Gasteiger charge is -2.40. The maximum absolute atomic E-state index is 3.45. The summed E-state index contributed by atoms with van der Waals surface area (Å²) in [7, 11) is 0. The highest BCUT2D eigenvalue weighted by molar-refractivity contribution is 4.82. The van der Waals surface area contributed by atoms with E-state index in [4.69, 9.17) is 0 Å². The zero-order valence-corrected chi connectivity index (χ0v) is 10.9. The molecule has 1 aliphatic heterocycles. The van der Waals surface area contributed by atoms with Gasteiger partial charge in [-0.15, -0.1) is 0 Å². The van der Waals surface area contributed by atoms with E-state index in [1.807, 2.05) is 0 Å². The van der Waals surface area contributed by atoms with E-state index in [-0.39, 0.29) is 0 Å². The van der Waals surface area contributed by atoms with Gasteiger partial charge in [0.05, 0.1) is 0 Å². The zero-order valence-electron chi connectivity index (χ0n) is 10.9. The molecular formula is C13H28N2. The molecule has 0 saturated carbocycles. The first-order chi connectivity index (χ1) is 7.16. The van der Waals surface area contributed by atoms with E-state index in [9.17, 15) is 0 Å². The van der Waals surface area contributed by atoms with Crippen LogP contribution < -0.4 is 5.32 Å². The lowest BCUT2D eigenvalue weighted by molar-refractivity contribution is 0.0917. The number of nitrogens with one attached hydrogen (secondary N) is 1. The Morgan fingerprint density at radius 1 is 1.20 bits per heavy atom. The fraction of sp³-hybridized carbons (Fsp3) is 1.00. The zero-order chi connectivity index (χ0) is 11.3. The summed E-state index contributed by atoms with van der Waals surface area (Å²) < 4.78 is 0. The number of hydrogen-bond donors (Lipinski definition) is 1. The van der Waals surface area contributed by atoms with Crippen molar-refractivity contribution in [1.82, 2.24) is 10.2 Å². The molecule has 0 aromatic carbocycles. The van der Waals surface area contributed by atoms with Gasteiger partial charge in [0.2, 0.25) is 0 Å². The predicted molar refractivity (Wildman–Crippen MR) is 67.2 cm³/mol. The Labute approximate surface area is 95.4 Å². The van der Waals surface area contributed by atoms with Crippen molar-refractivity contribution in [3.8, 4) is 0 Å². The van der Waals surface area contributed by atoms with Gasteiger partial charge in [-0.3, -0.25) is 4.90 Å². The van der Waals surface area contributed by atoms with E-state index >= 15 is 0 Å². The van der Waals surface area contributed by atoms with E-state index in [1.54, 1.807) is 0 Å². The average molecular weight is 212 g/mol. The molecule has 2 nitrogen and oxygen atoms in total. The van der Waals surface area contributed by atoms with Crippen LogP contribution in [0.2, 0.25) is 0 Å². The van der Waals surface area contributed by atoms with Gasteiger partial charge in [0.1, 0.15) is 0 Å². The quantitative estimate of drug-likeness (QED) is 0.753. The fourth-order valence-electron chi connectivity index (χ4n) is 2.50. The Balaban J connectivity index is 2.54. The molecule has 1 rings (SSSR count). The normalized spacial score (nSPS) is 21.2. The van der Waals surface area contributed by atoms with Gasteiger partial charge in [0.25, 0.3) is 0 Å². The molecule has 90 valence electrons. The number of nitrogens with zero attached hydrogens (tertiary/aromatic N) is 1. The Morgan fingerprint density at radius 3 is 2.27 bits per heavy atom. The molecule has 15 heavy (non-hydrogen) atoms. The Morgan fingerprint density at radius 2 is 1.80 bits per heavy atom. The van der Waals surface area contributed by atoms with E-state index in [0.717, 1.165) is 18.0 Å². The van der Waals surface area contributed by atoms with Gasteiger partial charge in [0, 0.05) is 12.1 Å². The summed E-state index contributed by atoms with van der Waals surface area (Å²) in [5, 5.41) is 3.45. The second-order valence-electron chi connectivity index (χ2n) is 5.20. The van der Waals surface area contributed by atoms with Gasteiger partial charge in [-0.05, 0) is 51.7 Å². The molecule has 1 fully saturated rings. The summed E-state index contributed by atoms with van der Waals surface area (Å²) in [5.41, 5.74) is 0. The van der Waals surface area contributed by atoms with E-state index in [1.165, 1.54) is 38.9 Å². The second kappa shape index (κ2) is 6.49. The summed E-state index contributed by atoms with van der Waals surface area (Å²) in [6.45, 7) is 13.0. The van der Waals surface area contributed by atoms with Crippen LogP contribution in [0.1, 0.15) is 47.0 Å². The van der Waals surface area contributed by atoms with Crippen molar-refractivity contribution in [1.29, 1.82) is 0 Å². The molecule has 1 heterocycles. The van der Waals surface area contributed by atoms with Gasteiger partial charge in [0.15, 0.2) is 0 Å². The van der Waals surface area contributed by atoms with Crippen LogP contribution in [-0.4, -0.2) is 36.6 Å². The van der Waals surface area contributed by atoms with Crippen LogP contribution in [0.15, 0.2) is 0 Å². The molecule has 0 aliphatic carbocycles. The number of rotatable bonds is 5. The third kappa shape index (κ3) is 3.76. The minimum absolute atomic E-state index is 0.730. The topological polar surface area (TPSA) is 15.3 Å². The summed E-state index contributed by atoms with van der Waals surface area (Å²) in [6.07, 6.45) is 3.94. The maximum atomic E-state index is 3.45. The van der Waals surface area contributed by atoms with Crippen molar-refractivity contribution in [2.24, 2.45) is 5.92 Å². The molecule has 0 spiro atoms. The van der Waals surface area contributed by atoms with Crippen molar-refractivity contribution < 1.29 is 0 Å². The van der Waals surface area contributed by atoms with Crippen LogP contribution in [0.4, 0.5) is 0 Å². The third-order valence-electron chi connectivity index (χ3n) is 3.75. The molecule has 1 saturated heterocycles. The van der Waals surface area contributed by atoms with Crippen LogP contribution in [0.3, 0.4) is 0 Å². The molecule has 0 aromatic rings. The lowest BCUT2D eigenvalue weighted by Crippen LogP contribution is -2.49. The molecule has 0 bridgehead atoms. The van der Waals surface area contributed by atoms with Crippen molar-refractivity contribution in [2.45, 2.75) is 59.0 Å². The molecule has 1 N–H and O–H groups in total. The second-order valence-corrected chi connectivity index (χ2v) is 5.20. The molecule has 1 unspecified atom stereocenters. The van der Waals surface area contributed by atoms with Crippen LogP contribution in [-0.2, 0) is 0 Å². The monoisotopic (exact) mass is 212 g/mol. The minimum atomic E-state index is 0.730. The van der Waals surface area contributed by atoms with Crippen molar-refractivity contribution in [3.63, 3.8) is 0 Å². The average Bonchev–Trinajstić information content (AvgIpc) is 2.26. The Kier molecular flexibility index (Phi) is 5.62. The summed E-state index contributed by atoms with van der Waals surface area (Å²) in [5.74, 6) is 0.770. The summed E-state index contributed by atoms with van der Waals surface area (Å²) >= 11 is 0. The first-order valence-corrected chi connectivity index (χ1v) is 6.63. The molecular weight excluding hydrogens is 184 g/mol. The summed E-state index contributed by atoms with van der Waals surface area (Å²) in [4.78, 5) is 2.74. The Hall–Kier alpha value is -0.0800. The van der Waals surface area contributed by atoms with Crippen LogP contribution in [0.5, 0.6) is 0 Å². The van der Waals surface area contributed by atoms with Crippen LogP contribution >= 0.6 is 0 Å². The number of hydrogen-bond acceptors (Lipinski definition) is 2. The van der Waals surface area contributed by atoms with Crippen LogP contribution in [0.25, 0.3) is 0 Å².